The minimum atomic E-state index is -0.639. The normalized spacial score (nSPS) is 14.5. The zero-order valence-electron chi connectivity index (χ0n) is 10.7. The highest BCUT2D eigenvalue weighted by atomic mass is 35.5. The number of nitrogens with one attached hydrogen (secondary N) is 1. The fourth-order valence-electron chi connectivity index (χ4n) is 1.76. The van der Waals surface area contributed by atoms with Gasteiger partial charge in [0.2, 0.25) is 0 Å². The summed E-state index contributed by atoms with van der Waals surface area (Å²) in [5, 5.41) is 14.1. The lowest BCUT2D eigenvalue weighted by Crippen LogP contribution is -2.30. The number of rotatable bonds is 6. The van der Waals surface area contributed by atoms with E-state index in [0.717, 1.165) is 12.8 Å². The van der Waals surface area contributed by atoms with Crippen LogP contribution in [0.4, 0.5) is 5.69 Å². The summed E-state index contributed by atoms with van der Waals surface area (Å²) in [7, 11) is 0. The summed E-state index contributed by atoms with van der Waals surface area (Å²) in [6, 6.07) is 3.68. The number of hydrogen-bond acceptors (Lipinski definition) is 3. The van der Waals surface area contributed by atoms with Crippen LogP contribution in [-0.4, -0.2) is 17.7 Å². The molecule has 3 nitrogen and oxygen atoms in total. The van der Waals surface area contributed by atoms with Crippen molar-refractivity contribution in [2.24, 2.45) is 0 Å². The van der Waals surface area contributed by atoms with E-state index in [0.29, 0.717) is 33.9 Å². The monoisotopic (exact) mass is 290 g/mol. The van der Waals surface area contributed by atoms with Gasteiger partial charge >= 0.3 is 0 Å². The lowest BCUT2D eigenvalue weighted by molar-refractivity contribution is 0.170. The van der Waals surface area contributed by atoms with Gasteiger partial charge in [-0.05, 0) is 31.0 Å². The molecule has 0 saturated heterocycles. The molecular weight excluding hydrogens is 271 g/mol. The van der Waals surface area contributed by atoms with Gasteiger partial charge in [0, 0.05) is 12.6 Å². The van der Waals surface area contributed by atoms with Crippen molar-refractivity contribution >= 4 is 28.9 Å². The fraction of sp³-hybridized carbons (Fsp3) is 0.538. The molecular formula is C13H20Cl2N2O. The first-order valence-electron chi connectivity index (χ1n) is 6.11. The van der Waals surface area contributed by atoms with Crippen LogP contribution in [0, 0.1) is 0 Å². The van der Waals surface area contributed by atoms with Gasteiger partial charge in [-0.1, -0.05) is 36.5 Å². The molecule has 0 aliphatic carbocycles. The van der Waals surface area contributed by atoms with Crippen molar-refractivity contribution in [3.05, 3.63) is 27.7 Å². The van der Waals surface area contributed by atoms with Gasteiger partial charge in [0.05, 0.1) is 21.8 Å². The molecule has 18 heavy (non-hydrogen) atoms. The van der Waals surface area contributed by atoms with Gasteiger partial charge in [0.15, 0.2) is 0 Å². The molecule has 1 aromatic carbocycles. The predicted octanol–water partition coefficient (Wildman–Crippen LogP) is 3.39. The quantitative estimate of drug-likeness (QED) is 0.704. The third-order valence-corrected chi connectivity index (χ3v) is 3.49. The maximum absolute atomic E-state index is 10.1. The van der Waals surface area contributed by atoms with Gasteiger partial charge in [0.25, 0.3) is 0 Å². The highest BCUT2D eigenvalue weighted by Crippen LogP contribution is 2.31. The Morgan fingerprint density at radius 3 is 2.39 bits per heavy atom. The van der Waals surface area contributed by atoms with Crippen molar-refractivity contribution < 1.29 is 5.11 Å². The average molecular weight is 291 g/mol. The maximum Gasteiger partial charge on any atom is 0.0915 e. The maximum atomic E-state index is 10.1. The average Bonchev–Trinajstić information content (AvgIpc) is 2.32. The first-order valence-corrected chi connectivity index (χ1v) is 6.87. The zero-order chi connectivity index (χ0) is 13.7. The topological polar surface area (TPSA) is 58.3 Å². The van der Waals surface area contributed by atoms with E-state index < -0.39 is 6.10 Å². The van der Waals surface area contributed by atoms with Crippen LogP contribution in [0.15, 0.2) is 12.1 Å². The summed E-state index contributed by atoms with van der Waals surface area (Å²) in [5.74, 6) is 0. The molecule has 0 heterocycles. The number of halogens is 2. The van der Waals surface area contributed by atoms with Crippen LogP contribution < -0.4 is 11.1 Å². The predicted molar refractivity (Wildman–Crippen MR) is 78.2 cm³/mol. The highest BCUT2D eigenvalue weighted by Gasteiger charge is 2.13. The van der Waals surface area contributed by atoms with E-state index in [2.05, 4.69) is 19.2 Å². The Labute approximate surface area is 118 Å². The molecule has 2 unspecified atom stereocenters. The SMILES string of the molecule is CCCC(C)NCC(O)c1cc(Cl)c(N)c(Cl)c1. The number of benzene rings is 1. The van der Waals surface area contributed by atoms with Crippen molar-refractivity contribution in [1.82, 2.24) is 5.32 Å². The first-order chi connectivity index (χ1) is 8.45. The molecule has 4 N–H and O–H groups in total. The van der Waals surface area contributed by atoms with Crippen molar-refractivity contribution in [2.45, 2.75) is 38.8 Å². The Hall–Kier alpha value is -0.480. The van der Waals surface area contributed by atoms with Crippen molar-refractivity contribution in [1.29, 1.82) is 0 Å². The van der Waals surface area contributed by atoms with Crippen LogP contribution in [0.25, 0.3) is 0 Å². The number of aliphatic hydroxyl groups is 1. The molecule has 1 aromatic rings. The third kappa shape index (κ3) is 4.32. The molecule has 0 aliphatic rings. The molecule has 0 saturated carbocycles. The second kappa shape index (κ2) is 7.19. The number of nitrogen functional groups attached to an aromatic ring is 1. The van der Waals surface area contributed by atoms with E-state index in [4.69, 9.17) is 28.9 Å². The number of aliphatic hydroxyl groups excluding tert-OH is 1. The van der Waals surface area contributed by atoms with Crippen LogP contribution in [-0.2, 0) is 0 Å². The van der Waals surface area contributed by atoms with E-state index in [1.807, 2.05) is 0 Å². The Balaban J connectivity index is 2.64. The van der Waals surface area contributed by atoms with Crippen LogP contribution in [0.2, 0.25) is 10.0 Å². The Morgan fingerprint density at radius 1 is 1.33 bits per heavy atom. The Morgan fingerprint density at radius 2 is 1.89 bits per heavy atom. The number of anilines is 1. The summed E-state index contributed by atoms with van der Waals surface area (Å²) < 4.78 is 0. The first kappa shape index (κ1) is 15.6. The van der Waals surface area contributed by atoms with E-state index in [1.165, 1.54) is 0 Å². The summed E-state index contributed by atoms with van der Waals surface area (Å²) in [5.41, 5.74) is 6.68. The Bertz CT molecular complexity index is 376. The van der Waals surface area contributed by atoms with Gasteiger partial charge in [-0.2, -0.15) is 0 Å². The smallest absolute Gasteiger partial charge is 0.0915 e. The fourth-order valence-corrected chi connectivity index (χ4v) is 2.27. The summed E-state index contributed by atoms with van der Waals surface area (Å²) >= 11 is 11.9. The standard InChI is InChI=1S/C13H20Cl2N2O/c1-3-4-8(2)17-7-12(18)9-5-10(14)13(16)11(15)6-9/h5-6,8,12,17-18H,3-4,7,16H2,1-2H3. The molecule has 5 heteroatoms. The molecule has 0 bridgehead atoms. The molecule has 0 radical (unpaired) electrons. The molecule has 0 aromatic heterocycles. The van der Waals surface area contributed by atoms with Crippen molar-refractivity contribution in [2.75, 3.05) is 12.3 Å². The van der Waals surface area contributed by atoms with Crippen LogP contribution >= 0.6 is 23.2 Å². The van der Waals surface area contributed by atoms with Crippen LogP contribution in [0.5, 0.6) is 0 Å². The van der Waals surface area contributed by atoms with Gasteiger partial charge < -0.3 is 16.2 Å². The van der Waals surface area contributed by atoms with Crippen molar-refractivity contribution in [3.63, 3.8) is 0 Å². The molecule has 1 rings (SSSR count). The second-order valence-electron chi connectivity index (χ2n) is 4.51. The largest absolute Gasteiger partial charge is 0.396 e. The minimum Gasteiger partial charge on any atom is -0.396 e. The highest BCUT2D eigenvalue weighted by molar-refractivity contribution is 6.38. The molecule has 0 spiro atoms. The molecule has 0 amide bonds. The second-order valence-corrected chi connectivity index (χ2v) is 5.33. The third-order valence-electron chi connectivity index (χ3n) is 2.87. The van der Waals surface area contributed by atoms with Gasteiger partial charge in [-0.25, -0.2) is 0 Å². The molecule has 0 aliphatic heterocycles. The van der Waals surface area contributed by atoms with Gasteiger partial charge in [0.1, 0.15) is 0 Å². The Kier molecular flexibility index (Phi) is 6.22. The van der Waals surface area contributed by atoms with E-state index in [9.17, 15) is 5.11 Å². The van der Waals surface area contributed by atoms with Gasteiger partial charge in [-0.15, -0.1) is 0 Å². The molecule has 102 valence electrons. The zero-order valence-corrected chi connectivity index (χ0v) is 12.2. The van der Waals surface area contributed by atoms with Gasteiger partial charge in [-0.3, -0.25) is 0 Å². The molecule has 2 atom stereocenters. The number of hydrogen-bond donors (Lipinski definition) is 3. The lowest BCUT2D eigenvalue weighted by Gasteiger charge is -2.17. The van der Waals surface area contributed by atoms with Crippen LogP contribution in [0.3, 0.4) is 0 Å². The molecule has 0 fully saturated rings. The van der Waals surface area contributed by atoms with E-state index >= 15 is 0 Å². The summed E-state index contributed by atoms with van der Waals surface area (Å²) in [6.07, 6.45) is 1.56. The van der Waals surface area contributed by atoms with Crippen molar-refractivity contribution in [3.8, 4) is 0 Å². The van der Waals surface area contributed by atoms with Crippen LogP contribution in [0.1, 0.15) is 38.4 Å². The minimum absolute atomic E-state index is 0.349. The van der Waals surface area contributed by atoms with E-state index in [1.54, 1.807) is 12.1 Å². The lowest BCUT2D eigenvalue weighted by atomic mass is 10.1. The summed E-state index contributed by atoms with van der Waals surface area (Å²) in [6.45, 7) is 4.70. The van der Waals surface area contributed by atoms with E-state index in [-0.39, 0.29) is 0 Å². The summed E-state index contributed by atoms with van der Waals surface area (Å²) in [4.78, 5) is 0. The number of nitrogens with two attached hydrogens (primary N) is 1.